The van der Waals surface area contributed by atoms with Gasteiger partial charge in [-0.3, -0.25) is 19.6 Å². The molecule has 0 bridgehead atoms. The Labute approximate surface area is 203 Å². The average molecular weight is 475 g/mol. The lowest BCUT2D eigenvalue weighted by Gasteiger charge is -2.29. The van der Waals surface area contributed by atoms with Crippen LogP contribution in [-0.2, 0) is 6.54 Å². The van der Waals surface area contributed by atoms with Gasteiger partial charge in [-0.1, -0.05) is 12.1 Å². The number of nitrogens with one attached hydrogen (secondary N) is 2. The van der Waals surface area contributed by atoms with Crippen LogP contribution in [0.25, 0.3) is 11.3 Å². The number of benzene rings is 1. The molecule has 0 aliphatic carbocycles. The van der Waals surface area contributed by atoms with Crippen LogP contribution in [0.4, 0.5) is 16.0 Å². The van der Waals surface area contributed by atoms with E-state index in [0.29, 0.717) is 40.5 Å². The summed E-state index contributed by atoms with van der Waals surface area (Å²) in [7, 11) is 1.49. The molecule has 35 heavy (non-hydrogen) atoms. The molecule has 2 saturated heterocycles. The van der Waals surface area contributed by atoms with E-state index in [-0.39, 0.29) is 18.0 Å². The van der Waals surface area contributed by atoms with Crippen molar-refractivity contribution in [3.8, 4) is 17.0 Å². The quantitative estimate of drug-likeness (QED) is 0.588. The number of ether oxygens (including phenoxy) is 1. The molecule has 9 heteroatoms. The lowest BCUT2D eigenvalue weighted by atomic mass is 10.0. The number of fused-ring (bicyclic) bond motifs is 2. The third kappa shape index (κ3) is 3.90. The molecule has 0 saturated carbocycles. The van der Waals surface area contributed by atoms with Crippen molar-refractivity contribution in [1.29, 1.82) is 0 Å². The molecule has 8 nitrogen and oxygen atoms in total. The predicted octanol–water partition coefficient (Wildman–Crippen LogP) is 2.91. The van der Waals surface area contributed by atoms with Gasteiger partial charge in [0, 0.05) is 55.6 Å². The van der Waals surface area contributed by atoms with Gasteiger partial charge >= 0.3 is 0 Å². The summed E-state index contributed by atoms with van der Waals surface area (Å²) in [5, 5.41) is 7.02. The summed E-state index contributed by atoms with van der Waals surface area (Å²) in [5.74, 6) is 1.07. The van der Waals surface area contributed by atoms with Gasteiger partial charge in [0.25, 0.3) is 5.91 Å². The van der Waals surface area contributed by atoms with Crippen molar-refractivity contribution in [1.82, 2.24) is 20.2 Å². The molecule has 2 aromatic heterocycles. The first-order chi connectivity index (χ1) is 17.1. The normalized spacial score (nSPS) is 21.7. The van der Waals surface area contributed by atoms with Crippen LogP contribution in [0.5, 0.6) is 5.75 Å². The van der Waals surface area contributed by atoms with Crippen LogP contribution >= 0.6 is 0 Å². The minimum absolute atomic E-state index is 0.173. The van der Waals surface area contributed by atoms with Gasteiger partial charge in [0.05, 0.1) is 24.9 Å². The van der Waals surface area contributed by atoms with Crippen LogP contribution in [0, 0.1) is 5.82 Å². The van der Waals surface area contributed by atoms with Gasteiger partial charge in [0.1, 0.15) is 23.2 Å². The Hall–Kier alpha value is -3.56. The monoisotopic (exact) mass is 474 g/mol. The number of amides is 1. The molecule has 3 aliphatic heterocycles. The predicted molar refractivity (Wildman–Crippen MR) is 131 cm³/mol. The number of pyridine rings is 2. The number of halogens is 1. The van der Waals surface area contributed by atoms with Crippen LogP contribution in [-0.4, -0.2) is 66.1 Å². The highest BCUT2D eigenvalue weighted by Gasteiger charge is 2.35. The van der Waals surface area contributed by atoms with Crippen LogP contribution in [0.1, 0.15) is 22.3 Å². The van der Waals surface area contributed by atoms with E-state index in [1.165, 1.54) is 19.4 Å². The van der Waals surface area contributed by atoms with Crippen molar-refractivity contribution in [2.75, 3.05) is 43.5 Å². The maximum atomic E-state index is 14.8. The van der Waals surface area contributed by atoms with Crippen molar-refractivity contribution >= 4 is 17.5 Å². The molecule has 180 valence electrons. The first-order valence-electron chi connectivity index (χ1n) is 11.9. The molecule has 3 aliphatic rings. The van der Waals surface area contributed by atoms with Crippen LogP contribution in [0.3, 0.4) is 0 Å². The van der Waals surface area contributed by atoms with E-state index >= 15 is 0 Å². The molecular weight excluding hydrogens is 447 g/mol. The lowest BCUT2D eigenvalue weighted by molar-refractivity contribution is 0.0996. The second kappa shape index (κ2) is 8.90. The highest BCUT2D eigenvalue weighted by molar-refractivity contribution is 6.10. The molecule has 0 unspecified atom stereocenters. The van der Waals surface area contributed by atoms with Crippen molar-refractivity contribution in [3.05, 3.63) is 65.6 Å². The summed E-state index contributed by atoms with van der Waals surface area (Å²) in [6.07, 6.45) is 2.60. The van der Waals surface area contributed by atoms with Crippen LogP contribution in [0.2, 0.25) is 0 Å². The minimum Gasteiger partial charge on any atom is -0.496 e. The number of rotatable bonds is 5. The maximum absolute atomic E-state index is 14.8. The fourth-order valence-electron chi connectivity index (χ4n) is 5.46. The standard InChI is InChI=1S/C26H27FN6O2/c1-35-21-5-2-4-20(27)24(21)25-19-15-33(26(34)18(19)8-9-29-25)23-7-3-6-22(31-23)30-16-12-17-13-28-10-11-32(17)14-16/h2-9,16-17,28H,10-15H2,1H3,(H,30,31)/t16-,17+/m0/s1. The van der Waals surface area contributed by atoms with Crippen molar-refractivity contribution in [2.45, 2.75) is 25.0 Å². The van der Waals surface area contributed by atoms with E-state index in [4.69, 9.17) is 9.72 Å². The first-order valence-corrected chi connectivity index (χ1v) is 11.9. The lowest BCUT2D eigenvalue weighted by Crippen LogP contribution is -2.47. The molecule has 3 aromatic rings. The fourth-order valence-corrected chi connectivity index (χ4v) is 5.46. The van der Waals surface area contributed by atoms with Gasteiger partial charge in [0.2, 0.25) is 0 Å². The van der Waals surface area contributed by atoms with E-state index < -0.39 is 5.82 Å². The molecule has 2 N–H and O–H groups in total. The molecule has 0 spiro atoms. The van der Waals surface area contributed by atoms with Gasteiger partial charge in [-0.25, -0.2) is 9.37 Å². The van der Waals surface area contributed by atoms with Crippen LogP contribution < -0.4 is 20.3 Å². The minimum atomic E-state index is -0.441. The third-order valence-corrected chi connectivity index (χ3v) is 7.13. The number of hydrogen-bond donors (Lipinski definition) is 2. The number of anilines is 2. The number of carbonyl (C=O) groups is 1. The Bertz CT molecular complexity index is 1270. The Morgan fingerprint density at radius 1 is 1.20 bits per heavy atom. The first kappa shape index (κ1) is 21.9. The molecule has 2 atom stereocenters. The highest BCUT2D eigenvalue weighted by Crippen LogP contribution is 2.38. The molecule has 0 radical (unpaired) electrons. The van der Waals surface area contributed by atoms with Gasteiger partial charge in [0.15, 0.2) is 0 Å². The van der Waals surface area contributed by atoms with E-state index in [0.717, 1.165) is 38.4 Å². The zero-order valence-corrected chi connectivity index (χ0v) is 19.5. The van der Waals surface area contributed by atoms with Gasteiger partial charge in [-0.05, 0) is 36.8 Å². The Morgan fingerprint density at radius 2 is 2.09 bits per heavy atom. The second-order valence-corrected chi connectivity index (χ2v) is 9.20. The van der Waals surface area contributed by atoms with Crippen molar-refractivity contribution in [3.63, 3.8) is 0 Å². The van der Waals surface area contributed by atoms with E-state index in [9.17, 15) is 9.18 Å². The highest BCUT2D eigenvalue weighted by atomic mass is 19.1. The molecule has 1 amide bonds. The Balaban J connectivity index is 1.27. The summed E-state index contributed by atoms with van der Waals surface area (Å²) in [5.41, 5.74) is 1.85. The van der Waals surface area contributed by atoms with E-state index in [1.807, 2.05) is 18.2 Å². The molecule has 2 fully saturated rings. The summed E-state index contributed by atoms with van der Waals surface area (Å²) in [6, 6.07) is 12.9. The molecule has 1 aromatic carbocycles. The Kier molecular flexibility index (Phi) is 5.58. The van der Waals surface area contributed by atoms with Crippen LogP contribution in [0.15, 0.2) is 48.7 Å². The third-order valence-electron chi connectivity index (χ3n) is 7.13. The fraction of sp³-hybridized carbons (Fsp3) is 0.346. The smallest absolute Gasteiger partial charge is 0.260 e. The second-order valence-electron chi connectivity index (χ2n) is 9.20. The van der Waals surface area contributed by atoms with Crippen molar-refractivity contribution < 1.29 is 13.9 Å². The maximum Gasteiger partial charge on any atom is 0.260 e. The van der Waals surface area contributed by atoms with E-state index in [1.54, 1.807) is 23.1 Å². The number of hydrogen-bond acceptors (Lipinski definition) is 7. The molecular formula is C26H27FN6O2. The Morgan fingerprint density at radius 3 is 2.94 bits per heavy atom. The SMILES string of the molecule is COc1cccc(F)c1-c1nccc2c1CN(c1cccc(N[C@H]3C[C@@H]4CNCCN4C3)n1)C2=O. The summed E-state index contributed by atoms with van der Waals surface area (Å²) in [6.45, 7) is 4.38. The zero-order valence-electron chi connectivity index (χ0n) is 19.5. The molecule has 6 rings (SSSR count). The number of nitrogens with zero attached hydrogens (tertiary/aromatic N) is 4. The number of carbonyl (C=O) groups excluding carboxylic acids is 1. The van der Waals surface area contributed by atoms with E-state index in [2.05, 4.69) is 20.5 Å². The van der Waals surface area contributed by atoms with Crippen molar-refractivity contribution in [2.24, 2.45) is 0 Å². The average Bonchev–Trinajstić information content (AvgIpc) is 3.44. The van der Waals surface area contributed by atoms with Gasteiger partial charge in [-0.15, -0.1) is 0 Å². The van der Waals surface area contributed by atoms with Gasteiger partial charge < -0.3 is 15.4 Å². The topological polar surface area (TPSA) is 82.6 Å². The number of methoxy groups -OCH3 is 1. The summed E-state index contributed by atoms with van der Waals surface area (Å²) >= 11 is 0. The summed E-state index contributed by atoms with van der Waals surface area (Å²) < 4.78 is 20.2. The summed E-state index contributed by atoms with van der Waals surface area (Å²) in [4.78, 5) is 26.7. The number of aromatic nitrogens is 2. The largest absolute Gasteiger partial charge is 0.496 e. The van der Waals surface area contributed by atoms with Gasteiger partial charge in [-0.2, -0.15) is 0 Å². The zero-order chi connectivity index (χ0) is 23.9. The number of piperazine rings is 1. The molecule has 5 heterocycles.